The summed E-state index contributed by atoms with van der Waals surface area (Å²) in [6, 6.07) is 17.8. The maximum atomic E-state index is 5.34. The molecule has 7 heteroatoms. The fraction of sp³-hybridized carbons (Fsp3) is 0.167. The number of benzene rings is 2. The van der Waals surface area contributed by atoms with Gasteiger partial charge in [0.2, 0.25) is 5.13 Å². The van der Waals surface area contributed by atoms with E-state index < -0.39 is 0 Å². The van der Waals surface area contributed by atoms with Crippen molar-refractivity contribution in [2.75, 3.05) is 22.5 Å². The van der Waals surface area contributed by atoms with E-state index in [1.807, 2.05) is 54.6 Å². The first-order valence-electron chi connectivity index (χ1n) is 8.05. The summed E-state index contributed by atoms with van der Waals surface area (Å²) in [5.41, 5.74) is 2.91. The Morgan fingerprint density at radius 1 is 0.960 bits per heavy atom. The highest BCUT2D eigenvalue weighted by Crippen LogP contribution is 2.27. The highest BCUT2D eigenvalue weighted by atomic mass is 32.1. The number of hydrogen-bond donors (Lipinski definition) is 3. The van der Waals surface area contributed by atoms with Gasteiger partial charge in [0.05, 0.1) is 0 Å². The summed E-state index contributed by atoms with van der Waals surface area (Å²) in [5, 5.41) is 20.3. The van der Waals surface area contributed by atoms with Gasteiger partial charge in [-0.2, -0.15) is 0 Å². The number of nitrogens with one attached hydrogen (secondary N) is 3. The minimum absolute atomic E-state index is 0.556. The second-order valence-corrected chi connectivity index (χ2v) is 6.75. The zero-order valence-corrected chi connectivity index (χ0v) is 15.5. The smallest absolute Gasteiger partial charge is 0.206 e. The fourth-order valence-electron chi connectivity index (χ4n) is 2.15. The van der Waals surface area contributed by atoms with Crippen molar-refractivity contribution in [2.24, 2.45) is 0 Å². The van der Waals surface area contributed by atoms with Gasteiger partial charge in [-0.1, -0.05) is 36.5 Å². The van der Waals surface area contributed by atoms with E-state index in [4.69, 9.17) is 12.2 Å². The van der Waals surface area contributed by atoms with E-state index in [1.165, 1.54) is 0 Å². The van der Waals surface area contributed by atoms with Crippen molar-refractivity contribution in [1.82, 2.24) is 10.2 Å². The molecule has 1 heterocycles. The molecule has 25 heavy (non-hydrogen) atoms. The lowest BCUT2D eigenvalue weighted by atomic mass is 10.2. The summed E-state index contributed by atoms with van der Waals surface area (Å²) in [4.78, 5) is 0. The lowest BCUT2D eigenvalue weighted by Gasteiger charge is -2.10. The number of thiocarbonyl (C=S) groups is 1. The van der Waals surface area contributed by atoms with Crippen molar-refractivity contribution in [3.05, 3.63) is 54.6 Å². The molecule has 0 spiro atoms. The maximum Gasteiger partial charge on any atom is 0.206 e. The first-order chi connectivity index (χ1) is 12.2. The van der Waals surface area contributed by atoms with Crippen LogP contribution in [0.3, 0.4) is 0 Å². The van der Waals surface area contributed by atoms with Crippen molar-refractivity contribution < 1.29 is 0 Å². The van der Waals surface area contributed by atoms with Crippen LogP contribution < -0.4 is 16.0 Å². The number of rotatable bonds is 6. The van der Waals surface area contributed by atoms with Crippen molar-refractivity contribution in [2.45, 2.75) is 13.3 Å². The molecule has 0 amide bonds. The monoisotopic (exact) mass is 369 g/mol. The molecule has 0 radical (unpaired) electrons. The minimum atomic E-state index is 0.556. The normalized spacial score (nSPS) is 10.3. The molecular weight excluding hydrogens is 350 g/mol. The molecule has 128 valence electrons. The Morgan fingerprint density at radius 2 is 1.64 bits per heavy atom. The van der Waals surface area contributed by atoms with Crippen molar-refractivity contribution in [1.29, 1.82) is 0 Å². The van der Waals surface area contributed by atoms with Crippen LogP contribution in [0.15, 0.2) is 54.6 Å². The molecular formula is C18H19N5S2. The Hall–Kier alpha value is -2.51. The highest BCUT2D eigenvalue weighted by molar-refractivity contribution is 7.80. The quantitative estimate of drug-likeness (QED) is 0.541. The lowest BCUT2D eigenvalue weighted by molar-refractivity contribution is 0.964. The van der Waals surface area contributed by atoms with Crippen LogP contribution in [0, 0.1) is 0 Å². The van der Waals surface area contributed by atoms with Gasteiger partial charge in [0.25, 0.3) is 0 Å². The largest absolute Gasteiger partial charge is 0.360 e. The molecule has 0 atom stereocenters. The topological polar surface area (TPSA) is 61.9 Å². The van der Waals surface area contributed by atoms with Gasteiger partial charge in [-0.25, -0.2) is 0 Å². The van der Waals surface area contributed by atoms with Gasteiger partial charge < -0.3 is 16.0 Å². The molecule has 0 bridgehead atoms. The van der Waals surface area contributed by atoms with Gasteiger partial charge in [0, 0.05) is 23.5 Å². The molecule has 0 aliphatic carbocycles. The summed E-state index contributed by atoms with van der Waals surface area (Å²) in [5.74, 6) is 0. The van der Waals surface area contributed by atoms with E-state index in [2.05, 4.69) is 33.1 Å². The van der Waals surface area contributed by atoms with Crippen molar-refractivity contribution >= 4 is 45.2 Å². The molecule has 0 unspecified atom stereocenters. The molecule has 2 aromatic carbocycles. The summed E-state index contributed by atoms with van der Waals surface area (Å²) < 4.78 is 0. The molecule has 0 aliphatic heterocycles. The van der Waals surface area contributed by atoms with Gasteiger partial charge in [0.15, 0.2) is 5.11 Å². The average molecular weight is 370 g/mol. The van der Waals surface area contributed by atoms with Crippen LogP contribution in [0.25, 0.3) is 10.6 Å². The molecule has 0 fully saturated rings. The molecule has 0 saturated carbocycles. The Bertz CT molecular complexity index is 815. The summed E-state index contributed by atoms with van der Waals surface area (Å²) in [6.45, 7) is 3.03. The highest BCUT2D eigenvalue weighted by Gasteiger charge is 2.06. The second kappa shape index (κ2) is 8.55. The van der Waals surface area contributed by atoms with Gasteiger partial charge in [-0.05, 0) is 55.0 Å². The number of hydrogen-bond acceptors (Lipinski definition) is 5. The Morgan fingerprint density at radius 3 is 2.32 bits per heavy atom. The number of aromatic nitrogens is 2. The van der Waals surface area contributed by atoms with Crippen molar-refractivity contribution in [3.63, 3.8) is 0 Å². The van der Waals surface area contributed by atoms with Crippen LogP contribution in [0.2, 0.25) is 0 Å². The molecule has 0 saturated heterocycles. The van der Waals surface area contributed by atoms with Crippen LogP contribution in [-0.2, 0) is 0 Å². The standard InChI is InChI=1S/C18H19N5S2/c1-2-12-19-18-23-22-16(25-18)13-8-10-15(11-9-13)21-17(24)20-14-6-4-3-5-7-14/h3-11H,2,12H2,1H3,(H,19,23)(H2,20,21,24). The van der Waals surface area contributed by atoms with E-state index in [0.29, 0.717) is 5.11 Å². The van der Waals surface area contributed by atoms with Crippen molar-refractivity contribution in [3.8, 4) is 10.6 Å². The van der Waals surface area contributed by atoms with E-state index in [-0.39, 0.29) is 0 Å². The average Bonchev–Trinajstić information content (AvgIpc) is 3.10. The third-order valence-electron chi connectivity index (χ3n) is 3.37. The predicted octanol–water partition coefficient (Wildman–Crippen LogP) is 4.84. The zero-order chi connectivity index (χ0) is 17.5. The third kappa shape index (κ3) is 4.98. The number of nitrogens with zero attached hydrogens (tertiary/aromatic N) is 2. The molecule has 0 aliphatic rings. The van der Waals surface area contributed by atoms with Gasteiger partial charge in [0.1, 0.15) is 5.01 Å². The number of anilines is 3. The Labute approximate surface area is 156 Å². The fourth-order valence-corrected chi connectivity index (χ4v) is 3.16. The first-order valence-corrected chi connectivity index (χ1v) is 9.28. The second-order valence-electron chi connectivity index (χ2n) is 5.36. The van der Waals surface area contributed by atoms with Crippen LogP contribution in [0.4, 0.5) is 16.5 Å². The molecule has 3 rings (SSSR count). The van der Waals surface area contributed by atoms with E-state index in [0.717, 1.165) is 40.0 Å². The van der Waals surface area contributed by atoms with Crippen LogP contribution in [0.1, 0.15) is 13.3 Å². The molecule has 1 aromatic heterocycles. The molecule has 3 N–H and O–H groups in total. The van der Waals surface area contributed by atoms with Gasteiger partial charge >= 0.3 is 0 Å². The SMILES string of the molecule is CCCNc1nnc(-c2ccc(NC(=S)Nc3ccccc3)cc2)s1. The van der Waals surface area contributed by atoms with E-state index in [1.54, 1.807) is 11.3 Å². The van der Waals surface area contributed by atoms with Crippen LogP contribution in [0.5, 0.6) is 0 Å². The Balaban J connectivity index is 1.60. The number of para-hydroxylation sites is 1. The van der Waals surface area contributed by atoms with E-state index in [9.17, 15) is 0 Å². The maximum absolute atomic E-state index is 5.34. The summed E-state index contributed by atoms with van der Waals surface area (Å²) in [7, 11) is 0. The predicted molar refractivity (Wildman–Crippen MR) is 110 cm³/mol. The zero-order valence-electron chi connectivity index (χ0n) is 13.8. The van der Waals surface area contributed by atoms with Gasteiger partial charge in [-0.3, -0.25) is 0 Å². The van der Waals surface area contributed by atoms with Gasteiger partial charge in [-0.15, -0.1) is 10.2 Å². The molecule has 3 aromatic rings. The molecule has 5 nitrogen and oxygen atoms in total. The van der Waals surface area contributed by atoms with Crippen LogP contribution in [-0.4, -0.2) is 21.9 Å². The third-order valence-corrected chi connectivity index (χ3v) is 4.51. The summed E-state index contributed by atoms with van der Waals surface area (Å²) in [6.07, 6.45) is 1.06. The van der Waals surface area contributed by atoms with E-state index >= 15 is 0 Å². The summed E-state index contributed by atoms with van der Waals surface area (Å²) >= 11 is 6.89. The minimum Gasteiger partial charge on any atom is -0.360 e. The lowest BCUT2D eigenvalue weighted by Crippen LogP contribution is -2.18. The van der Waals surface area contributed by atoms with Crippen LogP contribution >= 0.6 is 23.6 Å². The Kier molecular flexibility index (Phi) is 5.92. The first kappa shape index (κ1) is 17.3.